The van der Waals surface area contributed by atoms with Crippen molar-refractivity contribution in [1.82, 2.24) is 9.55 Å². The number of benzene rings is 3. The Kier molecular flexibility index (Phi) is 3.22. The lowest BCUT2D eigenvalue weighted by Crippen LogP contribution is -1.99. The molecule has 0 saturated heterocycles. The number of furan rings is 1. The van der Waals surface area contributed by atoms with Crippen LogP contribution in [-0.2, 0) is 0 Å². The Balaban J connectivity index is 1.78. The average molecular weight is 338 g/mol. The Labute approximate surface area is 151 Å². The van der Waals surface area contributed by atoms with Crippen LogP contribution in [0.1, 0.15) is 11.4 Å². The summed E-state index contributed by atoms with van der Waals surface area (Å²) in [6.07, 6.45) is 0. The average Bonchev–Trinajstić information content (AvgIpc) is 3.19. The minimum Gasteiger partial charge on any atom is -0.456 e. The first-order valence-corrected chi connectivity index (χ1v) is 8.75. The van der Waals surface area contributed by atoms with Crippen LogP contribution < -0.4 is 0 Å². The van der Waals surface area contributed by atoms with E-state index in [1.165, 1.54) is 0 Å². The summed E-state index contributed by atoms with van der Waals surface area (Å²) >= 11 is 0. The first-order chi connectivity index (χ1) is 12.7. The number of hydrogen-bond donors (Lipinski definition) is 0. The smallest absolute Gasteiger partial charge is 0.145 e. The number of para-hydroxylation sites is 2. The van der Waals surface area contributed by atoms with E-state index >= 15 is 0 Å². The molecular weight excluding hydrogens is 320 g/mol. The van der Waals surface area contributed by atoms with Crippen LogP contribution in [0.2, 0.25) is 0 Å². The first kappa shape index (κ1) is 15.0. The van der Waals surface area contributed by atoms with E-state index in [1.807, 2.05) is 30.3 Å². The predicted octanol–water partition coefficient (Wildman–Crippen LogP) is 6.06. The minimum absolute atomic E-state index is 0.904. The predicted molar refractivity (Wildman–Crippen MR) is 106 cm³/mol. The molecule has 0 fully saturated rings. The van der Waals surface area contributed by atoms with Gasteiger partial charge in [-0.2, -0.15) is 0 Å². The van der Waals surface area contributed by atoms with Gasteiger partial charge in [-0.15, -0.1) is 0 Å². The molecule has 3 nitrogen and oxygen atoms in total. The fraction of sp³-hybridized carbons (Fsp3) is 0.0870. The molecule has 0 amide bonds. The van der Waals surface area contributed by atoms with Crippen molar-refractivity contribution in [2.24, 2.45) is 0 Å². The molecule has 126 valence electrons. The van der Waals surface area contributed by atoms with Gasteiger partial charge >= 0.3 is 0 Å². The van der Waals surface area contributed by atoms with Crippen molar-refractivity contribution in [2.75, 3.05) is 0 Å². The molecule has 0 spiro atoms. The third-order valence-corrected chi connectivity index (χ3v) is 4.99. The lowest BCUT2D eigenvalue weighted by Gasteiger charge is -2.10. The third-order valence-electron chi connectivity index (χ3n) is 4.99. The van der Waals surface area contributed by atoms with Gasteiger partial charge in [-0.05, 0) is 50.2 Å². The maximum absolute atomic E-state index is 5.96. The summed E-state index contributed by atoms with van der Waals surface area (Å²) in [7, 11) is 0. The zero-order chi connectivity index (χ0) is 17.7. The molecule has 0 radical (unpaired) electrons. The van der Waals surface area contributed by atoms with E-state index in [4.69, 9.17) is 9.40 Å². The van der Waals surface area contributed by atoms with E-state index in [-0.39, 0.29) is 0 Å². The highest BCUT2D eigenvalue weighted by molar-refractivity contribution is 6.06. The van der Waals surface area contributed by atoms with E-state index in [0.29, 0.717) is 0 Å². The second kappa shape index (κ2) is 5.60. The minimum atomic E-state index is 0.904. The molecule has 3 aromatic carbocycles. The van der Waals surface area contributed by atoms with Crippen LogP contribution in [0.25, 0.3) is 39.0 Å². The molecule has 0 aliphatic carbocycles. The topological polar surface area (TPSA) is 31.0 Å². The maximum atomic E-state index is 5.96. The molecule has 0 saturated carbocycles. The van der Waals surface area contributed by atoms with Gasteiger partial charge in [0.05, 0.1) is 5.69 Å². The fourth-order valence-corrected chi connectivity index (χ4v) is 3.56. The largest absolute Gasteiger partial charge is 0.456 e. The Bertz CT molecular complexity index is 1250. The van der Waals surface area contributed by atoms with Gasteiger partial charge in [0.15, 0.2) is 0 Å². The number of hydrogen-bond acceptors (Lipinski definition) is 2. The van der Waals surface area contributed by atoms with Crippen LogP contribution in [-0.4, -0.2) is 9.55 Å². The zero-order valence-corrected chi connectivity index (χ0v) is 14.7. The second-order valence-electron chi connectivity index (χ2n) is 6.59. The molecule has 5 aromatic rings. The highest BCUT2D eigenvalue weighted by Gasteiger charge is 2.16. The van der Waals surface area contributed by atoms with Crippen LogP contribution in [0, 0.1) is 13.8 Å². The van der Waals surface area contributed by atoms with E-state index < -0.39 is 0 Å². The summed E-state index contributed by atoms with van der Waals surface area (Å²) in [5, 5.41) is 2.26. The summed E-state index contributed by atoms with van der Waals surface area (Å²) in [6, 6.07) is 24.8. The van der Waals surface area contributed by atoms with E-state index in [1.54, 1.807) is 0 Å². The fourth-order valence-electron chi connectivity index (χ4n) is 3.56. The number of aryl methyl sites for hydroxylation is 1. The molecule has 3 heteroatoms. The van der Waals surface area contributed by atoms with Crippen LogP contribution in [0.3, 0.4) is 0 Å². The van der Waals surface area contributed by atoms with E-state index in [2.05, 4.69) is 60.9 Å². The van der Waals surface area contributed by atoms with Gasteiger partial charge in [0.1, 0.15) is 17.0 Å². The molecule has 2 heterocycles. The molecule has 0 aliphatic heterocycles. The Morgan fingerprint density at radius 3 is 2.35 bits per heavy atom. The van der Waals surface area contributed by atoms with Gasteiger partial charge in [0, 0.05) is 27.7 Å². The van der Waals surface area contributed by atoms with Gasteiger partial charge in [-0.3, -0.25) is 4.57 Å². The number of fused-ring (bicyclic) bond motifs is 3. The molecule has 0 bridgehead atoms. The van der Waals surface area contributed by atoms with Crippen molar-refractivity contribution >= 4 is 21.9 Å². The van der Waals surface area contributed by atoms with E-state index in [9.17, 15) is 0 Å². The molecular formula is C23H18N2O. The van der Waals surface area contributed by atoms with Crippen LogP contribution in [0.15, 0.2) is 77.2 Å². The van der Waals surface area contributed by atoms with Crippen molar-refractivity contribution in [3.05, 3.63) is 84.2 Å². The van der Waals surface area contributed by atoms with Crippen molar-refractivity contribution in [3.8, 4) is 17.1 Å². The second-order valence-corrected chi connectivity index (χ2v) is 6.59. The van der Waals surface area contributed by atoms with Gasteiger partial charge in [-0.25, -0.2) is 4.98 Å². The number of nitrogens with zero attached hydrogens (tertiary/aromatic N) is 2. The van der Waals surface area contributed by atoms with Gasteiger partial charge in [0.25, 0.3) is 0 Å². The summed E-state index contributed by atoms with van der Waals surface area (Å²) in [4.78, 5) is 4.86. The molecule has 0 unspecified atom stereocenters. The SMILES string of the molecule is Cc1nc(-c2ccc3oc4ccccc4c3c2)n(-c2ccccc2)c1C. The maximum Gasteiger partial charge on any atom is 0.145 e. The highest BCUT2D eigenvalue weighted by atomic mass is 16.3. The summed E-state index contributed by atoms with van der Waals surface area (Å²) < 4.78 is 8.18. The van der Waals surface area contributed by atoms with Gasteiger partial charge < -0.3 is 4.42 Å². The lowest BCUT2D eigenvalue weighted by molar-refractivity contribution is 0.669. The van der Waals surface area contributed by atoms with Gasteiger partial charge in [-0.1, -0.05) is 36.4 Å². The quantitative estimate of drug-likeness (QED) is 0.392. The molecule has 26 heavy (non-hydrogen) atoms. The summed E-state index contributed by atoms with van der Waals surface area (Å²) in [5.74, 6) is 0.957. The summed E-state index contributed by atoms with van der Waals surface area (Å²) in [6.45, 7) is 4.18. The third kappa shape index (κ3) is 2.17. The number of imidazole rings is 1. The normalized spacial score (nSPS) is 11.5. The van der Waals surface area contributed by atoms with Crippen molar-refractivity contribution in [1.29, 1.82) is 0 Å². The zero-order valence-electron chi connectivity index (χ0n) is 14.7. The number of aromatic nitrogens is 2. The van der Waals surface area contributed by atoms with Gasteiger partial charge in [0.2, 0.25) is 0 Å². The number of rotatable bonds is 2. The summed E-state index contributed by atoms with van der Waals surface area (Å²) in [5.41, 5.74) is 6.23. The Morgan fingerprint density at radius 1 is 0.769 bits per heavy atom. The first-order valence-electron chi connectivity index (χ1n) is 8.75. The molecule has 0 atom stereocenters. The lowest BCUT2D eigenvalue weighted by atomic mass is 10.1. The molecule has 2 aromatic heterocycles. The Morgan fingerprint density at radius 2 is 1.50 bits per heavy atom. The van der Waals surface area contributed by atoms with E-state index in [0.717, 1.165) is 50.4 Å². The van der Waals surface area contributed by atoms with Crippen molar-refractivity contribution < 1.29 is 4.42 Å². The van der Waals surface area contributed by atoms with Crippen molar-refractivity contribution in [2.45, 2.75) is 13.8 Å². The molecule has 5 rings (SSSR count). The Hall–Kier alpha value is -3.33. The standard InChI is InChI=1S/C23H18N2O/c1-15-16(2)25(18-8-4-3-5-9-18)23(24-15)17-12-13-22-20(14-17)19-10-6-7-11-21(19)26-22/h3-14H,1-2H3. The monoisotopic (exact) mass is 338 g/mol. The molecule has 0 N–H and O–H groups in total. The molecule has 0 aliphatic rings. The van der Waals surface area contributed by atoms with Crippen LogP contribution in [0.5, 0.6) is 0 Å². The van der Waals surface area contributed by atoms with Crippen LogP contribution >= 0.6 is 0 Å². The highest BCUT2D eigenvalue weighted by Crippen LogP contribution is 2.33. The van der Waals surface area contributed by atoms with Crippen LogP contribution in [0.4, 0.5) is 0 Å². The van der Waals surface area contributed by atoms with Crippen molar-refractivity contribution in [3.63, 3.8) is 0 Å².